The lowest BCUT2D eigenvalue weighted by Gasteiger charge is -2.09. The van der Waals surface area contributed by atoms with Crippen molar-refractivity contribution in [3.8, 4) is 11.8 Å². The van der Waals surface area contributed by atoms with Crippen molar-refractivity contribution < 1.29 is 4.74 Å². The molecule has 0 aliphatic heterocycles. The zero-order valence-corrected chi connectivity index (χ0v) is 10.7. The first-order valence-electron chi connectivity index (χ1n) is 5.57. The van der Waals surface area contributed by atoms with Crippen LogP contribution >= 0.6 is 11.6 Å². The van der Waals surface area contributed by atoms with E-state index in [1.165, 1.54) is 0 Å². The Morgan fingerprint density at radius 3 is 3.00 bits per heavy atom. The molecule has 0 atom stereocenters. The fourth-order valence-electron chi connectivity index (χ4n) is 1.60. The monoisotopic (exact) mass is 261 g/mol. The molecule has 0 N–H and O–H groups in total. The molecule has 0 bridgehead atoms. The summed E-state index contributed by atoms with van der Waals surface area (Å²) >= 11 is 6.02. The van der Waals surface area contributed by atoms with E-state index in [1.807, 2.05) is 23.8 Å². The minimum absolute atomic E-state index is 0.354. The molecule has 0 amide bonds. The van der Waals surface area contributed by atoms with Crippen molar-refractivity contribution in [3.05, 3.63) is 47.0 Å². The molecule has 2 aromatic rings. The van der Waals surface area contributed by atoms with Gasteiger partial charge in [-0.2, -0.15) is 5.26 Å². The molecular weight excluding hydrogens is 250 g/mol. The Morgan fingerprint density at radius 2 is 2.33 bits per heavy atom. The summed E-state index contributed by atoms with van der Waals surface area (Å²) in [5.74, 6) is 1.40. The maximum atomic E-state index is 8.74. The van der Waals surface area contributed by atoms with Crippen molar-refractivity contribution in [2.45, 2.75) is 20.1 Å². The maximum absolute atomic E-state index is 8.74. The SMILES string of the molecule is CCn1ccnc1COc1ccc(C#N)cc1Cl. The Bertz CT molecular complexity index is 586. The Balaban J connectivity index is 2.09. The minimum atomic E-state index is 0.354. The maximum Gasteiger partial charge on any atom is 0.146 e. The summed E-state index contributed by atoms with van der Waals surface area (Å²) in [6.07, 6.45) is 3.64. The van der Waals surface area contributed by atoms with Crippen LogP contribution in [0, 0.1) is 11.3 Å². The molecule has 0 fully saturated rings. The normalized spacial score (nSPS) is 10.1. The molecule has 0 radical (unpaired) electrons. The average Bonchev–Trinajstić information content (AvgIpc) is 2.84. The molecule has 0 saturated heterocycles. The molecular formula is C13H12ClN3O. The van der Waals surface area contributed by atoms with Gasteiger partial charge in [-0.25, -0.2) is 4.98 Å². The van der Waals surface area contributed by atoms with E-state index in [1.54, 1.807) is 24.4 Å². The molecule has 5 heteroatoms. The van der Waals surface area contributed by atoms with Crippen LogP contribution in [0.4, 0.5) is 0 Å². The van der Waals surface area contributed by atoms with Crippen LogP contribution in [0.1, 0.15) is 18.3 Å². The van der Waals surface area contributed by atoms with E-state index in [2.05, 4.69) is 4.98 Å². The molecule has 4 nitrogen and oxygen atoms in total. The highest BCUT2D eigenvalue weighted by Crippen LogP contribution is 2.25. The van der Waals surface area contributed by atoms with Crippen LogP contribution in [-0.4, -0.2) is 9.55 Å². The summed E-state index contributed by atoms with van der Waals surface area (Å²) in [4.78, 5) is 4.21. The van der Waals surface area contributed by atoms with Gasteiger partial charge in [-0.15, -0.1) is 0 Å². The highest BCUT2D eigenvalue weighted by molar-refractivity contribution is 6.32. The Kier molecular flexibility index (Phi) is 3.85. The number of aromatic nitrogens is 2. The van der Waals surface area contributed by atoms with Crippen LogP contribution in [0.3, 0.4) is 0 Å². The first-order valence-corrected chi connectivity index (χ1v) is 5.95. The second kappa shape index (κ2) is 5.56. The molecule has 0 spiro atoms. The van der Waals surface area contributed by atoms with Crippen LogP contribution in [0.15, 0.2) is 30.6 Å². The van der Waals surface area contributed by atoms with E-state index >= 15 is 0 Å². The summed E-state index contributed by atoms with van der Waals surface area (Å²) < 4.78 is 7.60. The number of rotatable bonds is 4. The molecule has 18 heavy (non-hydrogen) atoms. The number of ether oxygens (including phenoxy) is 1. The van der Waals surface area contributed by atoms with Gasteiger partial charge >= 0.3 is 0 Å². The van der Waals surface area contributed by atoms with Crippen LogP contribution in [0.2, 0.25) is 5.02 Å². The molecule has 0 aliphatic rings. The van der Waals surface area contributed by atoms with E-state index in [0.717, 1.165) is 12.4 Å². The van der Waals surface area contributed by atoms with Gasteiger partial charge in [0.25, 0.3) is 0 Å². The second-order valence-corrected chi connectivity index (χ2v) is 4.08. The van der Waals surface area contributed by atoms with Gasteiger partial charge in [-0.3, -0.25) is 0 Å². The third-order valence-electron chi connectivity index (χ3n) is 2.56. The third-order valence-corrected chi connectivity index (χ3v) is 2.86. The zero-order chi connectivity index (χ0) is 13.0. The van der Waals surface area contributed by atoms with Crippen molar-refractivity contribution in [3.63, 3.8) is 0 Å². The van der Waals surface area contributed by atoms with Gasteiger partial charge in [0.2, 0.25) is 0 Å². The number of hydrogen-bond donors (Lipinski definition) is 0. The fourth-order valence-corrected chi connectivity index (χ4v) is 1.83. The number of hydrogen-bond acceptors (Lipinski definition) is 3. The molecule has 0 saturated carbocycles. The summed E-state index contributed by atoms with van der Waals surface area (Å²) in [7, 11) is 0. The summed E-state index contributed by atoms with van der Waals surface area (Å²) in [5, 5.41) is 9.17. The van der Waals surface area contributed by atoms with E-state index in [0.29, 0.717) is 22.9 Å². The van der Waals surface area contributed by atoms with Gasteiger partial charge in [0.1, 0.15) is 18.2 Å². The summed E-state index contributed by atoms with van der Waals surface area (Å²) in [5.41, 5.74) is 0.516. The Labute approximate surface area is 110 Å². The highest BCUT2D eigenvalue weighted by Gasteiger charge is 2.06. The molecule has 0 unspecified atom stereocenters. The van der Waals surface area contributed by atoms with E-state index < -0.39 is 0 Å². The van der Waals surface area contributed by atoms with Crippen LogP contribution in [0.25, 0.3) is 0 Å². The van der Waals surface area contributed by atoms with Crippen LogP contribution in [-0.2, 0) is 13.2 Å². The standard InChI is InChI=1S/C13H12ClN3O/c1-2-17-6-5-16-13(17)9-18-12-4-3-10(8-15)7-11(12)14/h3-7H,2,9H2,1H3. The Morgan fingerprint density at radius 1 is 1.50 bits per heavy atom. The van der Waals surface area contributed by atoms with E-state index in [4.69, 9.17) is 21.6 Å². The van der Waals surface area contributed by atoms with Crippen LogP contribution < -0.4 is 4.74 Å². The lowest BCUT2D eigenvalue weighted by Crippen LogP contribution is -2.05. The zero-order valence-electron chi connectivity index (χ0n) is 9.93. The van der Waals surface area contributed by atoms with Gasteiger partial charge in [-0.1, -0.05) is 11.6 Å². The number of nitriles is 1. The summed E-state index contributed by atoms with van der Waals surface area (Å²) in [6.45, 7) is 3.24. The van der Waals surface area contributed by atoms with Crippen molar-refractivity contribution in [1.82, 2.24) is 9.55 Å². The van der Waals surface area contributed by atoms with Gasteiger partial charge in [-0.05, 0) is 25.1 Å². The lowest BCUT2D eigenvalue weighted by molar-refractivity contribution is 0.290. The number of aryl methyl sites for hydroxylation is 1. The van der Waals surface area contributed by atoms with Crippen LogP contribution in [0.5, 0.6) is 5.75 Å². The number of benzene rings is 1. The number of halogens is 1. The van der Waals surface area contributed by atoms with Gasteiger partial charge < -0.3 is 9.30 Å². The summed E-state index contributed by atoms with van der Waals surface area (Å²) in [6, 6.07) is 6.98. The van der Waals surface area contributed by atoms with Gasteiger partial charge in [0.15, 0.2) is 0 Å². The third kappa shape index (κ3) is 2.63. The van der Waals surface area contributed by atoms with Crippen molar-refractivity contribution in [1.29, 1.82) is 5.26 Å². The first-order chi connectivity index (χ1) is 8.74. The number of nitrogens with zero attached hydrogens (tertiary/aromatic N) is 3. The predicted octanol–water partition coefficient (Wildman–Crippen LogP) is 3.01. The van der Waals surface area contributed by atoms with Crippen molar-refractivity contribution in [2.24, 2.45) is 0 Å². The molecule has 1 aromatic heterocycles. The topological polar surface area (TPSA) is 50.8 Å². The minimum Gasteiger partial charge on any atom is -0.484 e. The lowest BCUT2D eigenvalue weighted by atomic mass is 10.2. The predicted molar refractivity (Wildman–Crippen MR) is 68.4 cm³/mol. The quantitative estimate of drug-likeness (QED) is 0.850. The first kappa shape index (κ1) is 12.5. The van der Waals surface area contributed by atoms with Gasteiger partial charge in [0, 0.05) is 18.9 Å². The highest BCUT2D eigenvalue weighted by atomic mass is 35.5. The van der Waals surface area contributed by atoms with Crippen molar-refractivity contribution >= 4 is 11.6 Å². The Hall–Kier alpha value is -1.99. The number of imidazole rings is 1. The average molecular weight is 262 g/mol. The largest absolute Gasteiger partial charge is 0.484 e. The second-order valence-electron chi connectivity index (χ2n) is 3.68. The molecule has 0 aliphatic carbocycles. The fraction of sp³-hybridized carbons (Fsp3) is 0.231. The molecule has 2 rings (SSSR count). The molecule has 92 valence electrons. The molecule has 1 aromatic carbocycles. The van der Waals surface area contributed by atoms with E-state index in [9.17, 15) is 0 Å². The van der Waals surface area contributed by atoms with Crippen molar-refractivity contribution in [2.75, 3.05) is 0 Å². The van der Waals surface area contributed by atoms with Gasteiger partial charge in [0.05, 0.1) is 16.7 Å². The van der Waals surface area contributed by atoms with E-state index in [-0.39, 0.29) is 0 Å². The smallest absolute Gasteiger partial charge is 0.146 e. The molecule has 1 heterocycles.